The molecule has 1 saturated heterocycles. The number of carbonyl (C=O) groups excluding carboxylic acids is 2. The van der Waals surface area contributed by atoms with Crippen LogP contribution in [0.25, 0.3) is 0 Å². The Morgan fingerprint density at radius 1 is 1.17 bits per heavy atom. The third-order valence-corrected chi connectivity index (χ3v) is 6.40. The van der Waals surface area contributed by atoms with E-state index >= 15 is 0 Å². The Morgan fingerprint density at radius 2 is 1.97 bits per heavy atom. The predicted octanol–water partition coefficient (Wildman–Crippen LogP) is 3.68. The molecular formula is C22H24N4O2S. The number of aryl methyl sites for hydroxylation is 3. The highest BCUT2D eigenvalue weighted by Gasteiger charge is 2.41. The monoisotopic (exact) mass is 408 g/mol. The normalized spacial score (nSPS) is 18.5. The molecule has 0 radical (unpaired) electrons. The minimum absolute atomic E-state index is 0.0530. The number of thioether (sulfide) groups is 1. The average molecular weight is 409 g/mol. The van der Waals surface area contributed by atoms with Crippen LogP contribution < -0.4 is 10.2 Å². The molecule has 1 N–H and O–H groups in total. The van der Waals surface area contributed by atoms with Gasteiger partial charge in [0.05, 0.1) is 0 Å². The summed E-state index contributed by atoms with van der Waals surface area (Å²) in [6, 6.07) is 14.0. The standard InChI is InChI=1S/C22H24N4O2S/c1-14-8-9-17(16(3)10-14)24-20(27)11-19-21(28)26-13-25(12-23-22(26)29-19)18-7-5-4-6-15(18)2/h4-10,19H,11-13H2,1-3H3,(H,24,27)/t19-/m1/s1. The maximum atomic E-state index is 12.9. The van der Waals surface area contributed by atoms with Gasteiger partial charge in [0.1, 0.15) is 18.6 Å². The Hall–Kier alpha value is -2.80. The topological polar surface area (TPSA) is 65.0 Å². The van der Waals surface area contributed by atoms with Gasteiger partial charge in [-0.05, 0) is 44.0 Å². The number of carbonyl (C=O) groups is 2. The fraction of sp³-hybridized carbons (Fsp3) is 0.318. The summed E-state index contributed by atoms with van der Waals surface area (Å²) < 4.78 is 0. The maximum absolute atomic E-state index is 12.9. The molecule has 0 saturated carbocycles. The SMILES string of the molecule is Cc1ccc(NC(=O)C[C@H]2SC3=NCN(c4ccccc4C)CN3C2=O)c(C)c1. The van der Waals surface area contributed by atoms with E-state index in [1.807, 2.05) is 50.2 Å². The Balaban J connectivity index is 1.41. The van der Waals surface area contributed by atoms with Crippen LogP contribution in [0.1, 0.15) is 23.1 Å². The van der Waals surface area contributed by atoms with E-state index in [4.69, 9.17) is 0 Å². The number of amides is 2. The van der Waals surface area contributed by atoms with Crippen molar-refractivity contribution >= 4 is 40.1 Å². The summed E-state index contributed by atoms with van der Waals surface area (Å²) >= 11 is 1.39. The summed E-state index contributed by atoms with van der Waals surface area (Å²) in [6.45, 7) is 7.01. The van der Waals surface area contributed by atoms with Gasteiger partial charge in [-0.3, -0.25) is 14.5 Å². The van der Waals surface area contributed by atoms with E-state index in [9.17, 15) is 9.59 Å². The van der Waals surface area contributed by atoms with Gasteiger partial charge >= 0.3 is 0 Å². The van der Waals surface area contributed by atoms with E-state index in [0.717, 1.165) is 28.1 Å². The lowest BCUT2D eigenvalue weighted by atomic mass is 10.1. The van der Waals surface area contributed by atoms with Crippen molar-refractivity contribution in [1.29, 1.82) is 0 Å². The zero-order valence-corrected chi connectivity index (χ0v) is 17.6. The molecule has 0 spiro atoms. The molecule has 6 nitrogen and oxygen atoms in total. The van der Waals surface area contributed by atoms with E-state index < -0.39 is 5.25 Å². The molecule has 0 aliphatic carbocycles. The molecule has 2 aliphatic heterocycles. The molecule has 2 heterocycles. The van der Waals surface area contributed by atoms with Crippen LogP contribution in [0.3, 0.4) is 0 Å². The van der Waals surface area contributed by atoms with Crippen molar-refractivity contribution in [1.82, 2.24) is 4.90 Å². The lowest BCUT2D eigenvalue weighted by Gasteiger charge is -2.33. The highest BCUT2D eigenvalue weighted by atomic mass is 32.2. The van der Waals surface area contributed by atoms with Crippen molar-refractivity contribution in [2.45, 2.75) is 32.4 Å². The summed E-state index contributed by atoms with van der Waals surface area (Å²) in [5.41, 5.74) is 5.17. The smallest absolute Gasteiger partial charge is 0.244 e. The molecule has 1 atom stereocenters. The largest absolute Gasteiger partial charge is 0.333 e. The van der Waals surface area contributed by atoms with Crippen LogP contribution in [0, 0.1) is 20.8 Å². The molecule has 7 heteroatoms. The van der Waals surface area contributed by atoms with Crippen molar-refractivity contribution < 1.29 is 9.59 Å². The van der Waals surface area contributed by atoms with Gasteiger partial charge in [-0.2, -0.15) is 0 Å². The third kappa shape index (κ3) is 4.00. The zero-order chi connectivity index (χ0) is 20.5. The van der Waals surface area contributed by atoms with Crippen LogP contribution in [0.5, 0.6) is 0 Å². The van der Waals surface area contributed by atoms with Crippen molar-refractivity contribution in [2.75, 3.05) is 23.6 Å². The van der Waals surface area contributed by atoms with Crippen molar-refractivity contribution in [3.63, 3.8) is 0 Å². The van der Waals surface area contributed by atoms with Gasteiger partial charge in [-0.15, -0.1) is 0 Å². The van der Waals surface area contributed by atoms with Crippen LogP contribution in [0.2, 0.25) is 0 Å². The minimum atomic E-state index is -0.434. The Kier molecular flexibility index (Phi) is 5.32. The number of nitrogens with one attached hydrogen (secondary N) is 1. The highest BCUT2D eigenvalue weighted by Crippen LogP contribution is 2.33. The summed E-state index contributed by atoms with van der Waals surface area (Å²) in [7, 11) is 0. The number of fused-ring (bicyclic) bond motifs is 1. The fourth-order valence-corrected chi connectivity index (χ4v) is 4.77. The summed E-state index contributed by atoms with van der Waals surface area (Å²) in [5.74, 6) is -0.207. The first kappa shape index (κ1) is 19.5. The molecule has 2 aromatic carbocycles. The lowest BCUT2D eigenvalue weighted by Crippen LogP contribution is -2.46. The molecule has 2 amide bonds. The summed E-state index contributed by atoms with van der Waals surface area (Å²) in [6.07, 6.45) is 0.136. The number of hydrogen-bond donors (Lipinski definition) is 1. The van der Waals surface area contributed by atoms with Gasteiger partial charge in [0, 0.05) is 17.8 Å². The van der Waals surface area contributed by atoms with Crippen LogP contribution >= 0.6 is 11.8 Å². The minimum Gasteiger partial charge on any atom is -0.333 e. The Bertz CT molecular complexity index is 1000. The van der Waals surface area contributed by atoms with Crippen LogP contribution in [0.15, 0.2) is 47.5 Å². The molecule has 29 heavy (non-hydrogen) atoms. The van der Waals surface area contributed by atoms with E-state index in [-0.39, 0.29) is 18.2 Å². The number of nitrogens with zero attached hydrogens (tertiary/aromatic N) is 3. The van der Waals surface area contributed by atoms with Crippen LogP contribution in [-0.2, 0) is 9.59 Å². The zero-order valence-electron chi connectivity index (χ0n) is 16.8. The maximum Gasteiger partial charge on any atom is 0.244 e. The molecule has 2 aliphatic rings. The Morgan fingerprint density at radius 3 is 2.72 bits per heavy atom. The number of aliphatic imine (C=N–C) groups is 1. The van der Waals surface area contributed by atoms with E-state index in [1.54, 1.807) is 4.90 Å². The molecule has 0 bridgehead atoms. The highest BCUT2D eigenvalue weighted by molar-refractivity contribution is 8.15. The Labute approximate surface area is 175 Å². The molecule has 4 rings (SSSR count). The second kappa shape index (κ2) is 7.91. The third-order valence-electron chi connectivity index (χ3n) is 5.19. The van der Waals surface area contributed by atoms with Gasteiger partial charge in [0.15, 0.2) is 5.17 Å². The summed E-state index contributed by atoms with van der Waals surface area (Å²) in [4.78, 5) is 33.8. The van der Waals surface area contributed by atoms with Gasteiger partial charge in [-0.25, -0.2) is 4.99 Å². The summed E-state index contributed by atoms with van der Waals surface area (Å²) in [5, 5.41) is 3.21. The second-order valence-electron chi connectivity index (χ2n) is 7.49. The van der Waals surface area contributed by atoms with E-state index in [0.29, 0.717) is 18.5 Å². The first-order valence-electron chi connectivity index (χ1n) is 9.62. The molecule has 1 fully saturated rings. The number of anilines is 2. The van der Waals surface area contributed by atoms with Crippen molar-refractivity contribution in [3.05, 3.63) is 59.2 Å². The quantitative estimate of drug-likeness (QED) is 0.838. The molecule has 0 aromatic heterocycles. The van der Waals surface area contributed by atoms with Crippen LogP contribution in [0.4, 0.5) is 11.4 Å². The van der Waals surface area contributed by atoms with Gasteiger partial charge < -0.3 is 10.2 Å². The first-order valence-corrected chi connectivity index (χ1v) is 10.5. The van der Waals surface area contributed by atoms with E-state index in [2.05, 4.69) is 28.2 Å². The number of hydrogen-bond acceptors (Lipinski definition) is 5. The molecule has 150 valence electrons. The van der Waals surface area contributed by atoms with Crippen LogP contribution in [-0.4, -0.2) is 40.5 Å². The molecular weight excluding hydrogens is 384 g/mol. The average Bonchev–Trinajstić information content (AvgIpc) is 2.99. The van der Waals surface area contributed by atoms with Crippen molar-refractivity contribution in [3.8, 4) is 0 Å². The lowest BCUT2D eigenvalue weighted by molar-refractivity contribution is -0.128. The number of rotatable bonds is 4. The first-order chi connectivity index (χ1) is 13.9. The van der Waals surface area contributed by atoms with Gasteiger partial charge in [0.25, 0.3) is 0 Å². The predicted molar refractivity (Wildman–Crippen MR) is 118 cm³/mol. The van der Waals surface area contributed by atoms with Gasteiger partial charge in [-0.1, -0.05) is 47.7 Å². The van der Waals surface area contributed by atoms with E-state index in [1.165, 1.54) is 11.8 Å². The number of para-hydroxylation sites is 1. The number of benzene rings is 2. The van der Waals surface area contributed by atoms with Gasteiger partial charge in [0.2, 0.25) is 11.8 Å². The van der Waals surface area contributed by atoms with Crippen molar-refractivity contribution in [2.24, 2.45) is 4.99 Å². The molecule has 2 aromatic rings. The fourth-order valence-electron chi connectivity index (χ4n) is 3.65. The number of amidine groups is 1. The molecule has 0 unspecified atom stereocenters. The second-order valence-corrected chi connectivity index (χ2v) is 8.66.